The van der Waals surface area contributed by atoms with E-state index in [1.54, 1.807) is 0 Å². The second-order valence-corrected chi connectivity index (χ2v) is 4.81. The van der Waals surface area contributed by atoms with Crippen molar-refractivity contribution in [1.29, 1.82) is 0 Å². The maximum Gasteiger partial charge on any atom is 0.300 e. The van der Waals surface area contributed by atoms with Crippen molar-refractivity contribution in [3.05, 3.63) is 32.4 Å². The zero-order chi connectivity index (χ0) is 14.9. The Morgan fingerprint density at radius 1 is 0.944 bits per heavy atom. The summed E-state index contributed by atoms with van der Waals surface area (Å²) in [7, 11) is 0. The monoisotopic (exact) mass is 366 g/mol. The van der Waals surface area contributed by atoms with Crippen LogP contribution in [-0.4, -0.2) is 22.2 Å². The quantitative estimate of drug-likeness (QED) is 0.691. The Morgan fingerprint density at radius 3 is 1.56 bits per heavy atom. The molecule has 0 spiro atoms. The van der Waals surface area contributed by atoms with Crippen LogP contribution in [0.25, 0.3) is 0 Å². The van der Waals surface area contributed by atoms with Crippen LogP contribution < -0.4 is 0 Å². The smallest absolute Gasteiger partial charge is 0.300 e. The molecule has 5 heteroatoms. The lowest BCUT2D eigenvalue weighted by atomic mass is 10.1. The lowest BCUT2D eigenvalue weighted by molar-refractivity contribution is -0.135. The van der Waals surface area contributed by atoms with E-state index in [0.717, 1.165) is 13.8 Å². The summed E-state index contributed by atoms with van der Waals surface area (Å²) in [6, 6.07) is 4.34. The number of aliphatic carboxylic acids is 2. The fraction of sp³-hybridized carbons (Fsp3) is 0.385. The zero-order valence-electron chi connectivity index (χ0n) is 11.2. The number of carbonyl (C=O) groups is 2. The second kappa shape index (κ2) is 9.87. The third kappa shape index (κ3) is 11.4. The predicted molar refractivity (Wildman–Crippen MR) is 80.0 cm³/mol. The fourth-order valence-electron chi connectivity index (χ4n) is 0.923. The summed E-state index contributed by atoms with van der Waals surface area (Å²) >= 11 is 2.37. The number of hydrogen-bond acceptors (Lipinski definition) is 2. The van der Waals surface area contributed by atoms with Crippen LogP contribution in [0.5, 0.6) is 0 Å². The van der Waals surface area contributed by atoms with E-state index >= 15 is 0 Å². The van der Waals surface area contributed by atoms with Crippen molar-refractivity contribution in [2.75, 3.05) is 0 Å². The van der Waals surface area contributed by atoms with E-state index in [1.807, 2.05) is 0 Å². The molecule has 0 fully saturated rings. The van der Waals surface area contributed by atoms with Gasteiger partial charge in [0.15, 0.2) is 0 Å². The molecule has 0 amide bonds. The van der Waals surface area contributed by atoms with E-state index in [2.05, 4.69) is 55.5 Å². The average molecular weight is 366 g/mol. The van der Waals surface area contributed by atoms with E-state index in [9.17, 15) is 0 Å². The highest BCUT2D eigenvalue weighted by molar-refractivity contribution is 14.1. The first kappa shape index (κ1) is 19.2. The number of benzene rings is 1. The highest BCUT2D eigenvalue weighted by atomic mass is 127. The van der Waals surface area contributed by atoms with Gasteiger partial charge in [0, 0.05) is 17.4 Å². The van der Waals surface area contributed by atoms with Gasteiger partial charge in [-0.05, 0) is 66.1 Å². The van der Waals surface area contributed by atoms with Crippen molar-refractivity contribution in [2.45, 2.75) is 34.6 Å². The first-order chi connectivity index (χ1) is 8.09. The van der Waals surface area contributed by atoms with Gasteiger partial charge in [0.1, 0.15) is 0 Å². The Hall–Kier alpha value is -1.11. The molecule has 0 radical (unpaired) electrons. The predicted octanol–water partition coefficient (Wildman–Crippen LogP) is 3.40. The Labute approximate surface area is 121 Å². The van der Waals surface area contributed by atoms with Crippen molar-refractivity contribution >= 4 is 34.5 Å². The summed E-state index contributed by atoms with van der Waals surface area (Å²) in [4.78, 5) is 18.0. The Bertz CT molecular complexity index is 367. The molecule has 1 aromatic carbocycles. The minimum Gasteiger partial charge on any atom is -0.481 e. The van der Waals surface area contributed by atoms with Gasteiger partial charge >= 0.3 is 0 Å². The van der Waals surface area contributed by atoms with E-state index < -0.39 is 11.9 Å². The van der Waals surface area contributed by atoms with E-state index in [4.69, 9.17) is 19.8 Å². The molecule has 0 aliphatic heterocycles. The van der Waals surface area contributed by atoms with Gasteiger partial charge in [0.25, 0.3) is 11.9 Å². The maximum absolute atomic E-state index is 9.00. The van der Waals surface area contributed by atoms with Gasteiger partial charge in [-0.15, -0.1) is 0 Å². The minimum atomic E-state index is -0.833. The molecule has 102 valence electrons. The van der Waals surface area contributed by atoms with Gasteiger partial charge in [0.2, 0.25) is 0 Å². The first-order valence-electron chi connectivity index (χ1n) is 5.21. The molecule has 0 aliphatic rings. The van der Waals surface area contributed by atoms with Gasteiger partial charge in [-0.2, -0.15) is 0 Å². The van der Waals surface area contributed by atoms with Crippen LogP contribution in [0.1, 0.15) is 30.5 Å². The van der Waals surface area contributed by atoms with Crippen LogP contribution in [0.2, 0.25) is 0 Å². The largest absolute Gasteiger partial charge is 0.481 e. The number of hydrogen-bond donors (Lipinski definition) is 2. The molecule has 0 atom stereocenters. The topological polar surface area (TPSA) is 74.6 Å². The molecule has 18 heavy (non-hydrogen) atoms. The van der Waals surface area contributed by atoms with Gasteiger partial charge < -0.3 is 10.2 Å². The summed E-state index contributed by atoms with van der Waals surface area (Å²) < 4.78 is 1.36. The van der Waals surface area contributed by atoms with Crippen LogP contribution in [0.3, 0.4) is 0 Å². The molecule has 0 aliphatic carbocycles. The van der Waals surface area contributed by atoms with Crippen LogP contribution in [-0.2, 0) is 9.59 Å². The summed E-state index contributed by atoms with van der Waals surface area (Å²) in [5.41, 5.74) is 4.23. The minimum absolute atomic E-state index is 0.833. The number of rotatable bonds is 0. The summed E-state index contributed by atoms with van der Waals surface area (Å²) in [6.45, 7) is 8.66. The molecule has 0 saturated carbocycles. The molecule has 2 N–H and O–H groups in total. The van der Waals surface area contributed by atoms with Gasteiger partial charge in [-0.25, -0.2) is 0 Å². The van der Waals surface area contributed by atoms with Crippen molar-refractivity contribution in [2.24, 2.45) is 0 Å². The lowest BCUT2D eigenvalue weighted by Gasteiger charge is -2.04. The third-order valence-corrected chi connectivity index (χ3v) is 3.16. The third-order valence-electron chi connectivity index (χ3n) is 1.99. The molecule has 0 saturated heterocycles. The lowest BCUT2D eigenvalue weighted by Crippen LogP contribution is -1.88. The highest BCUT2D eigenvalue weighted by Gasteiger charge is 1.98. The van der Waals surface area contributed by atoms with E-state index in [1.165, 1.54) is 20.3 Å². The Morgan fingerprint density at radius 2 is 1.28 bits per heavy atom. The molecule has 0 unspecified atom stereocenters. The summed E-state index contributed by atoms with van der Waals surface area (Å²) in [5.74, 6) is -1.67. The van der Waals surface area contributed by atoms with Crippen molar-refractivity contribution < 1.29 is 19.8 Å². The average Bonchev–Trinajstić information content (AvgIpc) is 2.19. The van der Waals surface area contributed by atoms with Crippen LogP contribution in [0.4, 0.5) is 0 Å². The maximum atomic E-state index is 9.00. The van der Waals surface area contributed by atoms with Gasteiger partial charge in [-0.1, -0.05) is 6.07 Å². The molecule has 4 nitrogen and oxygen atoms in total. The van der Waals surface area contributed by atoms with E-state index in [-0.39, 0.29) is 0 Å². The number of aryl methyl sites for hydroxylation is 1. The van der Waals surface area contributed by atoms with Crippen molar-refractivity contribution in [1.82, 2.24) is 0 Å². The Balaban J connectivity index is 0. The zero-order valence-corrected chi connectivity index (χ0v) is 13.4. The van der Waals surface area contributed by atoms with E-state index in [0.29, 0.717) is 0 Å². The SMILES string of the molecule is CC(=O)O.CC(=O)O.Cc1ccc(I)c(C)c1C. The molecular formula is C13H19IO4. The molecule has 1 aromatic rings. The van der Waals surface area contributed by atoms with Crippen LogP contribution >= 0.6 is 22.6 Å². The Kier molecular flexibility index (Phi) is 10.6. The van der Waals surface area contributed by atoms with Crippen molar-refractivity contribution in [3.8, 4) is 0 Å². The molecule has 0 heterocycles. The first-order valence-corrected chi connectivity index (χ1v) is 6.28. The second-order valence-electron chi connectivity index (χ2n) is 3.65. The normalized spacial score (nSPS) is 8.33. The fourth-order valence-corrected chi connectivity index (χ4v) is 1.51. The van der Waals surface area contributed by atoms with Gasteiger partial charge in [0.05, 0.1) is 0 Å². The molecule has 0 bridgehead atoms. The standard InChI is InChI=1S/C9H11I.2C2H4O2/c1-6-4-5-9(10)8(3)7(6)2;2*1-2(3)4/h4-5H,1-3H3;2*1H3,(H,3,4). The number of carboxylic acid groups (broad SMARTS) is 2. The van der Waals surface area contributed by atoms with Gasteiger partial charge in [-0.3, -0.25) is 9.59 Å². The summed E-state index contributed by atoms with van der Waals surface area (Å²) in [6.07, 6.45) is 0. The number of halogens is 1. The highest BCUT2D eigenvalue weighted by Crippen LogP contribution is 2.17. The summed E-state index contributed by atoms with van der Waals surface area (Å²) in [5, 5.41) is 14.8. The molecular weight excluding hydrogens is 347 g/mol. The number of carboxylic acids is 2. The molecule has 0 aromatic heterocycles. The van der Waals surface area contributed by atoms with Crippen LogP contribution in [0, 0.1) is 24.3 Å². The van der Waals surface area contributed by atoms with Crippen molar-refractivity contribution in [3.63, 3.8) is 0 Å². The van der Waals surface area contributed by atoms with Crippen LogP contribution in [0.15, 0.2) is 12.1 Å². The molecule has 1 rings (SSSR count).